The minimum atomic E-state index is -0.305. The number of hydrogen-bond acceptors (Lipinski definition) is 5. The average molecular weight is 520 g/mol. The van der Waals surface area contributed by atoms with Crippen LogP contribution in [0.25, 0.3) is 55.6 Å². The number of pyridine rings is 3. The van der Waals surface area contributed by atoms with Gasteiger partial charge in [0.25, 0.3) is 0 Å². The molecule has 0 bridgehead atoms. The maximum atomic E-state index is 14.6. The lowest BCUT2D eigenvalue weighted by Crippen LogP contribution is -2.19. The monoisotopic (exact) mass is 519 g/mol. The molecule has 0 radical (unpaired) electrons. The van der Waals surface area contributed by atoms with Crippen molar-refractivity contribution in [3.05, 3.63) is 79.3 Å². The van der Waals surface area contributed by atoms with Crippen molar-refractivity contribution in [3.63, 3.8) is 0 Å². The number of aromatic nitrogens is 6. The fraction of sp³-hybridized carbons (Fsp3) is 0.167. The van der Waals surface area contributed by atoms with E-state index in [1.165, 1.54) is 6.07 Å². The van der Waals surface area contributed by atoms with Crippen LogP contribution in [0.1, 0.15) is 27.2 Å². The van der Waals surface area contributed by atoms with Gasteiger partial charge in [-0.2, -0.15) is 5.10 Å². The van der Waals surface area contributed by atoms with Crippen molar-refractivity contribution in [2.24, 2.45) is 5.41 Å². The maximum absolute atomic E-state index is 14.6. The summed E-state index contributed by atoms with van der Waals surface area (Å²) in [5.74, 6) is -0.369. The van der Waals surface area contributed by atoms with Crippen LogP contribution in [0, 0.1) is 11.2 Å². The number of carbonyl (C=O) groups excluding carboxylic acids is 1. The van der Waals surface area contributed by atoms with Gasteiger partial charge in [0.05, 0.1) is 46.7 Å². The molecule has 6 rings (SSSR count). The molecule has 39 heavy (non-hydrogen) atoms. The summed E-state index contributed by atoms with van der Waals surface area (Å²) in [6.45, 7) is 6.06. The van der Waals surface area contributed by atoms with Crippen LogP contribution >= 0.6 is 0 Å². The summed E-state index contributed by atoms with van der Waals surface area (Å²) in [4.78, 5) is 29.0. The normalized spacial score (nSPS) is 11.8. The highest BCUT2D eigenvalue weighted by molar-refractivity contribution is 6.01. The molecule has 0 aliphatic carbocycles. The lowest BCUT2D eigenvalue weighted by molar-refractivity contribution is -0.117. The van der Waals surface area contributed by atoms with Gasteiger partial charge in [-0.3, -0.25) is 24.8 Å². The molecule has 0 aliphatic rings. The molecule has 5 aromatic heterocycles. The summed E-state index contributed by atoms with van der Waals surface area (Å²) in [6, 6.07) is 12.4. The second-order valence-corrected chi connectivity index (χ2v) is 10.7. The molecule has 0 aliphatic heterocycles. The molecule has 5 heterocycles. The number of aromatic amines is 2. The lowest BCUT2D eigenvalue weighted by Gasteiger charge is -2.17. The molecule has 6 aromatic rings. The summed E-state index contributed by atoms with van der Waals surface area (Å²) in [5.41, 5.74) is 6.14. The Morgan fingerprint density at radius 2 is 1.74 bits per heavy atom. The zero-order chi connectivity index (χ0) is 27.1. The van der Waals surface area contributed by atoms with E-state index < -0.39 is 0 Å². The second kappa shape index (κ2) is 9.43. The fourth-order valence-corrected chi connectivity index (χ4v) is 4.69. The number of benzene rings is 1. The lowest BCUT2D eigenvalue weighted by atomic mass is 9.92. The number of nitrogens with one attached hydrogen (secondary N) is 3. The minimum absolute atomic E-state index is 0.0648. The Morgan fingerprint density at radius 3 is 2.56 bits per heavy atom. The summed E-state index contributed by atoms with van der Waals surface area (Å²) in [7, 11) is 0. The molecule has 0 saturated heterocycles. The highest BCUT2D eigenvalue weighted by Crippen LogP contribution is 2.35. The SMILES string of the molecule is CC(C)(C)CC(=O)Nc1cncc(-c2cc3c(-c4cc5c(-c6ccccc6F)cncc5[nH]4)n[nH]c3cn2)c1. The van der Waals surface area contributed by atoms with Crippen molar-refractivity contribution in [1.29, 1.82) is 0 Å². The van der Waals surface area contributed by atoms with Crippen LogP contribution in [0.3, 0.4) is 0 Å². The first-order chi connectivity index (χ1) is 18.7. The van der Waals surface area contributed by atoms with E-state index in [4.69, 9.17) is 0 Å². The highest BCUT2D eigenvalue weighted by Gasteiger charge is 2.18. The van der Waals surface area contributed by atoms with Crippen LogP contribution in [-0.4, -0.2) is 36.0 Å². The number of H-pyrrole nitrogens is 2. The van der Waals surface area contributed by atoms with Crippen molar-refractivity contribution in [2.45, 2.75) is 27.2 Å². The Balaban J connectivity index is 1.37. The summed E-state index contributed by atoms with van der Waals surface area (Å²) in [6.07, 6.45) is 8.85. The van der Waals surface area contributed by atoms with E-state index in [1.54, 1.807) is 49.2 Å². The van der Waals surface area contributed by atoms with Crippen molar-refractivity contribution in [1.82, 2.24) is 30.1 Å². The molecule has 0 fully saturated rings. The van der Waals surface area contributed by atoms with E-state index >= 15 is 0 Å². The predicted molar refractivity (Wildman–Crippen MR) is 150 cm³/mol. The Labute approximate surface area is 223 Å². The third-order valence-corrected chi connectivity index (χ3v) is 6.42. The fourth-order valence-electron chi connectivity index (χ4n) is 4.69. The molecule has 0 unspecified atom stereocenters. The maximum Gasteiger partial charge on any atom is 0.224 e. The Morgan fingerprint density at radius 1 is 0.923 bits per heavy atom. The van der Waals surface area contributed by atoms with E-state index in [-0.39, 0.29) is 17.1 Å². The first-order valence-electron chi connectivity index (χ1n) is 12.6. The molecule has 0 atom stereocenters. The molecule has 1 amide bonds. The molecule has 8 nitrogen and oxygen atoms in total. The van der Waals surface area contributed by atoms with Crippen LogP contribution in [0.4, 0.5) is 10.1 Å². The van der Waals surface area contributed by atoms with Crippen LogP contribution in [0.2, 0.25) is 0 Å². The van der Waals surface area contributed by atoms with E-state index in [9.17, 15) is 9.18 Å². The predicted octanol–water partition coefficient (Wildman–Crippen LogP) is 6.74. The average Bonchev–Trinajstić information content (AvgIpc) is 3.51. The summed E-state index contributed by atoms with van der Waals surface area (Å²) in [5, 5.41) is 12.2. The van der Waals surface area contributed by atoms with Crippen molar-refractivity contribution >= 4 is 33.4 Å². The molecule has 0 saturated carbocycles. The molecule has 194 valence electrons. The van der Waals surface area contributed by atoms with Crippen molar-refractivity contribution < 1.29 is 9.18 Å². The number of carbonyl (C=O) groups is 1. The van der Waals surface area contributed by atoms with Gasteiger partial charge in [-0.05, 0) is 29.7 Å². The van der Waals surface area contributed by atoms with Gasteiger partial charge in [-0.1, -0.05) is 39.0 Å². The Kier molecular flexibility index (Phi) is 5.91. The Hall–Kier alpha value is -4.92. The molecule has 0 spiro atoms. The molecular formula is C30H26FN7O. The van der Waals surface area contributed by atoms with E-state index in [1.807, 2.05) is 39.0 Å². The number of anilines is 1. The molecule has 1 aromatic carbocycles. The third kappa shape index (κ3) is 4.86. The highest BCUT2D eigenvalue weighted by atomic mass is 19.1. The van der Waals surface area contributed by atoms with Crippen LogP contribution in [0.15, 0.2) is 73.4 Å². The smallest absolute Gasteiger partial charge is 0.224 e. The Bertz CT molecular complexity index is 1850. The van der Waals surface area contributed by atoms with Gasteiger partial charge in [0.1, 0.15) is 11.5 Å². The second-order valence-electron chi connectivity index (χ2n) is 10.7. The topological polar surface area (TPSA) is 112 Å². The summed E-state index contributed by atoms with van der Waals surface area (Å²) >= 11 is 0. The van der Waals surface area contributed by atoms with Crippen LogP contribution < -0.4 is 5.32 Å². The largest absolute Gasteiger partial charge is 0.352 e. The number of amides is 1. The minimum Gasteiger partial charge on any atom is -0.352 e. The van der Waals surface area contributed by atoms with Crippen molar-refractivity contribution in [3.8, 4) is 33.8 Å². The van der Waals surface area contributed by atoms with Gasteiger partial charge in [0.15, 0.2) is 0 Å². The zero-order valence-corrected chi connectivity index (χ0v) is 21.7. The third-order valence-electron chi connectivity index (χ3n) is 6.42. The van der Waals surface area contributed by atoms with Crippen LogP contribution in [0.5, 0.6) is 0 Å². The quantitative estimate of drug-likeness (QED) is 0.233. The standard InChI is InChI=1S/C30H26FN7O/c1-30(2,3)11-28(39)35-18-8-17(12-32-13-18)24-10-21-27(16-34-24)37-38-29(21)25-9-20-22(14-33-15-26(20)36-25)19-6-4-5-7-23(19)31/h4-10,12-16,36H,11H2,1-3H3,(H,35,39)(H,37,38). The van der Waals surface area contributed by atoms with Gasteiger partial charge in [-0.15, -0.1) is 0 Å². The van der Waals surface area contributed by atoms with E-state index in [0.717, 1.165) is 33.1 Å². The summed E-state index contributed by atoms with van der Waals surface area (Å²) < 4.78 is 14.6. The number of halogens is 1. The first kappa shape index (κ1) is 24.4. The van der Waals surface area contributed by atoms with E-state index in [0.29, 0.717) is 34.6 Å². The van der Waals surface area contributed by atoms with Gasteiger partial charge >= 0.3 is 0 Å². The van der Waals surface area contributed by atoms with Crippen LogP contribution in [-0.2, 0) is 4.79 Å². The molecule has 3 N–H and O–H groups in total. The number of fused-ring (bicyclic) bond motifs is 2. The van der Waals surface area contributed by atoms with Gasteiger partial charge in [-0.25, -0.2) is 4.39 Å². The van der Waals surface area contributed by atoms with E-state index in [2.05, 4.69) is 35.5 Å². The number of rotatable bonds is 5. The van der Waals surface area contributed by atoms with Gasteiger partial charge < -0.3 is 10.3 Å². The number of nitrogens with zero attached hydrogens (tertiary/aromatic N) is 4. The van der Waals surface area contributed by atoms with Gasteiger partial charge in [0, 0.05) is 46.3 Å². The van der Waals surface area contributed by atoms with Gasteiger partial charge in [0.2, 0.25) is 5.91 Å². The number of hydrogen-bond donors (Lipinski definition) is 3. The first-order valence-corrected chi connectivity index (χ1v) is 12.6. The van der Waals surface area contributed by atoms with Crippen molar-refractivity contribution in [2.75, 3.05) is 5.32 Å². The zero-order valence-electron chi connectivity index (χ0n) is 21.7. The molecule has 9 heteroatoms. The molecular weight excluding hydrogens is 493 g/mol.